The van der Waals surface area contributed by atoms with Crippen molar-refractivity contribution in [1.29, 1.82) is 0 Å². The molecule has 118 valence electrons. The van der Waals surface area contributed by atoms with Gasteiger partial charge in [0.1, 0.15) is 10.6 Å². The van der Waals surface area contributed by atoms with E-state index in [2.05, 4.69) is 10.1 Å². The maximum atomic E-state index is 11.9. The molecule has 0 amide bonds. The fourth-order valence-corrected chi connectivity index (χ4v) is 3.09. The number of aryl methyl sites for hydroxylation is 1. The molecular formula is C15H13N3O4S. The molecule has 0 N–H and O–H groups in total. The summed E-state index contributed by atoms with van der Waals surface area (Å²) in [6, 6.07) is 7.04. The highest BCUT2D eigenvalue weighted by molar-refractivity contribution is 7.14. The second-order valence-electron chi connectivity index (χ2n) is 4.76. The number of hydrogen-bond donors (Lipinski definition) is 0. The summed E-state index contributed by atoms with van der Waals surface area (Å²) in [4.78, 5) is 29.2. The molecule has 0 aliphatic heterocycles. The average Bonchev–Trinajstić information content (AvgIpc) is 3.12. The van der Waals surface area contributed by atoms with E-state index in [0.29, 0.717) is 16.4 Å². The van der Waals surface area contributed by atoms with Gasteiger partial charge in [0.2, 0.25) is 5.82 Å². The summed E-state index contributed by atoms with van der Waals surface area (Å²) in [6.07, 6.45) is 1.62. The minimum absolute atomic E-state index is 0.244. The summed E-state index contributed by atoms with van der Waals surface area (Å²) in [5.74, 6) is -0.622. The van der Waals surface area contributed by atoms with Crippen molar-refractivity contribution in [3.8, 4) is 11.5 Å². The molecule has 3 aromatic heterocycles. The van der Waals surface area contributed by atoms with Crippen molar-refractivity contribution in [2.75, 3.05) is 7.11 Å². The van der Waals surface area contributed by atoms with Crippen LogP contribution in [0.3, 0.4) is 0 Å². The van der Waals surface area contributed by atoms with Crippen LogP contribution in [0.5, 0.6) is 0 Å². The predicted molar refractivity (Wildman–Crippen MR) is 83.5 cm³/mol. The molecule has 3 aromatic rings. The maximum absolute atomic E-state index is 11.9. The molecule has 0 bridgehead atoms. The van der Waals surface area contributed by atoms with Crippen molar-refractivity contribution in [1.82, 2.24) is 14.7 Å². The van der Waals surface area contributed by atoms with Gasteiger partial charge in [-0.1, -0.05) is 11.2 Å². The first-order valence-electron chi connectivity index (χ1n) is 6.75. The Labute approximate surface area is 135 Å². The van der Waals surface area contributed by atoms with Crippen LogP contribution in [0, 0.1) is 6.92 Å². The van der Waals surface area contributed by atoms with Crippen molar-refractivity contribution < 1.29 is 14.1 Å². The number of carbonyl (C=O) groups excluding carboxylic acids is 1. The number of nitrogens with zero attached hydrogens (tertiary/aromatic N) is 3. The second-order valence-corrected chi connectivity index (χ2v) is 6.01. The van der Waals surface area contributed by atoms with Gasteiger partial charge >= 0.3 is 11.7 Å². The zero-order chi connectivity index (χ0) is 16.4. The lowest BCUT2D eigenvalue weighted by molar-refractivity contribution is 0.0606. The molecule has 8 heteroatoms. The summed E-state index contributed by atoms with van der Waals surface area (Å²) in [5.41, 5.74) is 1.37. The van der Waals surface area contributed by atoms with Crippen LogP contribution < -0.4 is 5.76 Å². The molecular weight excluding hydrogens is 318 g/mol. The fourth-order valence-electron chi connectivity index (χ4n) is 2.14. The standard InChI is InChI=1S/C15H13N3O4S/c1-9-10(7-12(23-9)14(19)21-2)8-18-13(17-22-15(18)20)11-5-3-4-6-16-11/h3-7H,8H2,1-2H3. The molecule has 0 radical (unpaired) electrons. The Morgan fingerprint density at radius 3 is 2.96 bits per heavy atom. The van der Waals surface area contributed by atoms with E-state index in [1.54, 1.807) is 30.5 Å². The predicted octanol–water partition coefficient (Wildman–Crippen LogP) is 2.10. The monoisotopic (exact) mass is 331 g/mol. The second kappa shape index (κ2) is 6.17. The van der Waals surface area contributed by atoms with Crippen LogP contribution in [-0.2, 0) is 11.3 Å². The van der Waals surface area contributed by atoms with Crippen LogP contribution in [0.2, 0.25) is 0 Å². The van der Waals surface area contributed by atoms with Crippen molar-refractivity contribution >= 4 is 17.3 Å². The third-order valence-electron chi connectivity index (χ3n) is 3.32. The number of aromatic nitrogens is 3. The van der Waals surface area contributed by atoms with Crippen molar-refractivity contribution in [3.05, 3.63) is 56.3 Å². The molecule has 3 rings (SSSR count). The van der Waals surface area contributed by atoms with E-state index in [0.717, 1.165) is 10.4 Å². The zero-order valence-electron chi connectivity index (χ0n) is 12.5. The van der Waals surface area contributed by atoms with E-state index in [1.807, 2.05) is 6.92 Å². The quantitative estimate of drug-likeness (QED) is 0.680. The first-order valence-corrected chi connectivity index (χ1v) is 7.57. The Morgan fingerprint density at radius 2 is 2.26 bits per heavy atom. The van der Waals surface area contributed by atoms with Crippen LogP contribution >= 0.6 is 11.3 Å². The topological polar surface area (TPSA) is 87.2 Å². The Balaban J connectivity index is 1.99. The molecule has 0 saturated carbocycles. The van der Waals surface area contributed by atoms with Crippen molar-refractivity contribution in [3.63, 3.8) is 0 Å². The minimum Gasteiger partial charge on any atom is -0.465 e. The van der Waals surface area contributed by atoms with Gasteiger partial charge in [0.05, 0.1) is 13.7 Å². The number of carbonyl (C=O) groups is 1. The van der Waals surface area contributed by atoms with E-state index < -0.39 is 11.7 Å². The number of methoxy groups -OCH3 is 1. The number of esters is 1. The van der Waals surface area contributed by atoms with Gasteiger partial charge in [-0.2, -0.15) is 0 Å². The number of hydrogen-bond acceptors (Lipinski definition) is 7. The first-order chi connectivity index (χ1) is 11.1. The summed E-state index contributed by atoms with van der Waals surface area (Å²) in [7, 11) is 1.33. The highest BCUT2D eigenvalue weighted by atomic mass is 32.1. The van der Waals surface area contributed by atoms with E-state index >= 15 is 0 Å². The average molecular weight is 331 g/mol. The normalized spacial score (nSPS) is 10.7. The molecule has 0 spiro atoms. The van der Waals surface area contributed by atoms with E-state index in [-0.39, 0.29) is 6.54 Å². The SMILES string of the molecule is COC(=O)c1cc(Cn2c(-c3ccccn3)noc2=O)c(C)s1. The lowest BCUT2D eigenvalue weighted by Gasteiger charge is -2.03. The van der Waals surface area contributed by atoms with Crippen LogP contribution in [-0.4, -0.2) is 27.8 Å². The Kier molecular flexibility index (Phi) is 4.07. The molecule has 0 unspecified atom stereocenters. The maximum Gasteiger partial charge on any atom is 0.442 e. The van der Waals surface area contributed by atoms with E-state index in [9.17, 15) is 9.59 Å². The van der Waals surface area contributed by atoms with Gasteiger partial charge in [-0.05, 0) is 30.7 Å². The smallest absolute Gasteiger partial charge is 0.442 e. The number of thiophene rings is 1. The molecule has 7 nitrogen and oxygen atoms in total. The molecule has 23 heavy (non-hydrogen) atoms. The molecule has 0 aliphatic carbocycles. The molecule has 0 aliphatic rings. The number of ether oxygens (including phenoxy) is 1. The lowest BCUT2D eigenvalue weighted by atomic mass is 10.2. The lowest BCUT2D eigenvalue weighted by Crippen LogP contribution is -2.16. The Bertz CT molecular complexity index is 895. The van der Waals surface area contributed by atoms with E-state index in [1.165, 1.54) is 23.0 Å². The minimum atomic E-state index is -0.573. The third kappa shape index (κ3) is 2.93. The first kappa shape index (κ1) is 15.2. The number of rotatable bonds is 4. The number of pyridine rings is 1. The summed E-state index contributed by atoms with van der Waals surface area (Å²) >= 11 is 1.32. The van der Waals surface area contributed by atoms with Crippen LogP contribution in [0.15, 0.2) is 39.8 Å². The third-order valence-corrected chi connectivity index (χ3v) is 4.39. The molecule has 3 heterocycles. The van der Waals surface area contributed by atoms with Gasteiger partial charge in [-0.15, -0.1) is 11.3 Å². The Hall–Kier alpha value is -2.74. The summed E-state index contributed by atoms with van der Waals surface area (Å²) < 4.78 is 10.9. The zero-order valence-corrected chi connectivity index (χ0v) is 13.3. The van der Waals surface area contributed by atoms with Crippen LogP contribution in [0.1, 0.15) is 20.1 Å². The van der Waals surface area contributed by atoms with Crippen molar-refractivity contribution in [2.45, 2.75) is 13.5 Å². The van der Waals surface area contributed by atoms with Crippen molar-refractivity contribution in [2.24, 2.45) is 0 Å². The van der Waals surface area contributed by atoms with E-state index in [4.69, 9.17) is 9.26 Å². The van der Waals surface area contributed by atoms with Gasteiger partial charge in [0.15, 0.2) is 0 Å². The largest absolute Gasteiger partial charge is 0.465 e. The van der Waals surface area contributed by atoms with Gasteiger partial charge < -0.3 is 4.74 Å². The fraction of sp³-hybridized carbons (Fsp3) is 0.200. The molecule has 0 atom stereocenters. The van der Waals surface area contributed by atoms with Crippen LogP contribution in [0.4, 0.5) is 0 Å². The van der Waals surface area contributed by atoms with Gasteiger partial charge in [-0.3, -0.25) is 14.1 Å². The van der Waals surface area contributed by atoms with Gasteiger partial charge in [0, 0.05) is 11.1 Å². The highest BCUT2D eigenvalue weighted by Gasteiger charge is 2.18. The van der Waals surface area contributed by atoms with Gasteiger partial charge in [-0.25, -0.2) is 9.59 Å². The Morgan fingerprint density at radius 1 is 1.43 bits per heavy atom. The molecule has 0 saturated heterocycles. The van der Waals surface area contributed by atoms with Crippen LogP contribution in [0.25, 0.3) is 11.5 Å². The summed E-state index contributed by atoms with van der Waals surface area (Å²) in [5, 5.41) is 3.79. The molecule has 0 fully saturated rings. The van der Waals surface area contributed by atoms with Gasteiger partial charge in [0.25, 0.3) is 0 Å². The summed E-state index contributed by atoms with van der Waals surface area (Å²) in [6.45, 7) is 2.12. The molecule has 0 aromatic carbocycles. The highest BCUT2D eigenvalue weighted by Crippen LogP contribution is 2.24.